The highest BCUT2D eigenvalue weighted by atomic mass is 35.5. The van der Waals surface area contributed by atoms with Crippen LogP contribution in [0.4, 0.5) is 0 Å². The van der Waals surface area contributed by atoms with Crippen LogP contribution in [0.1, 0.15) is 48.1 Å². The van der Waals surface area contributed by atoms with Gasteiger partial charge in [0.25, 0.3) is 0 Å². The maximum absolute atomic E-state index is 11.6. The summed E-state index contributed by atoms with van der Waals surface area (Å²) in [6.45, 7) is 2.76. The zero-order valence-corrected chi connectivity index (χ0v) is 18.3. The summed E-state index contributed by atoms with van der Waals surface area (Å²) in [7, 11) is 0. The number of aryl methyl sites for hydroxylation is 2. The molecule has 2 N–H and O–H groups in total. The van der Waals surface area contributed by atoms with Crippen LogP contribution in [0.3, 0.4) is 0 Å². The highest BCUT2D eigenvalue weighted by molar-refractivity contribution is 6.30. The van der Waals surface area contributed by atoms with Gasteiger partial charge in [-0.1, -0.05) is 41.9 Å². The minimum atomic E-state index is -0.573. The Labute approximate surface area is 184 Å². The molecule has 0 unspecified atom stereocenters. The Morgan fingerprint density at radius 3 is 2.86 bits per heavy atom. The quantitative estimate of drug-likeness (QED) is 0.599. The third-order valence-corrected chi connectivity index (χ3v) is 5.49. The number of ether oxygens (including phenoxy) is 1. The van der Waals surface area contributed by atoms with Gasteiger partial charge in [0.1, 0.15) is 0 Å². The molecule has 0 radical (unpaired) electrons. The third kappa shape index (κ3) is 7.00. The molecule has 2 aromatic rings. The van der Waals surface area contributed by atoms with E-state index in [0.717, 1.165) is 24.8 Å². The van der Waals surface area contributed by atoms with Crippen LogP contribution in [0.5, 0.6) is 0 Å². The van der Waals surface area contributed by atoms with Crippen molar-refractivity contribution in [3.63, 3.8) is 0 Å². The Morgan fingerprint density at radius 2 is 2.10 bits per heavy atom. The van der Waals surface area contributed by atoms with Crippen molar-refractivity contribution in [2.75, 3.05) is 13.2 Å². The number of halogens is 2. The summed E-state index contributed by atoms with van der Waals surface area (Å²) in [6, 6.07) is 14.2. The van der Waals surface area contributed by atoms with Gasteiger partial charge in [0.15, 0.2) is 0 Å². The topological polar surface area (TPSA) is 58.6 Å². The maximum Gasteiger partial charge on any atom is 0.306 e. The van der Waals surface area contributed by atoms with Gasteiger partial charge in [-0.25, -0.2) is 0 Å². The van der Waals surface area contributed by atoms with Gasteiger partial charge in [-0.15, -0.1) is 12.4 Å². The molecule has 1 aliphatic rings. The van der Waals surface area contributed by atoms with Crippen LogP contribution in [0.2, 0.25) is 5.02 Å². The van der Waals surface area contributed by atoms with Crippen molar-refractivity contribution in [3.8, 4) is 0 Å². The molecule has 2 aromatic carbocycles. The van der Waals surface area contributed by atoms with Crippen LogP contribution in [-0.4, -0.2) is 30.3 Å². The summed E-state index contributed by atoms with van der Waals surface area (Å²) >= 11 is 6.01. The number of esters is 1. The molecular weight excluding hydrogens is 409 g/mol. The molecule has 0 aliphatic heterocycles. The first-order valence-corrected chi connectivity index (χ1v) is 10.4. The first kappa shape index (κ1) is 23.7. The number of fused-ring (bicyclic) bond motifs is 1. The van der Waals surface area contributed by atoms with Crippen molar-refractivity contribution in [1.82, 2.24) is 5.32 Å². The van der Waals surface area contributed by atoms with Gasteiger partial charge in [0.2, 0.25) is 0 Å². The summed E-state index contributed by atoms with van der Waals surface area (Å²) in [5.41, 5.74) is 4.72. The van der Waals surface area contributed by atoms with E-state index in [1.165, 1.54) is 16.7 Å². The van der Waals surface area contributed by atoms with E-state index in [1.807, 2.05) is 25.1 Å². The number of carbonyl (C=O) groups excluding carboxylic acids is 1. The number of rotatable bonds is 8. The highest BCUT2D eigenvalue weighted by Gasteiger charge is 2.20. The molecule has 0 amide bonds. The molecule has 3 rings (SSSR count). The average Bonchev–Trinajstić information content (AvgIpc) is 2.70. The molecule has 0 saturated heterocycles. The number of carbonyl (C=O) groups is 1. The van der Waals surface area contributed by atoms with Crippen LogP contribution in [0.25, 0.3) is 0 Å². The van der Waals surface area contributed by atoms with Gasteiger partial charge in [0, 0.05) is 24.0 Å². The molecule has 1 aliphatic carbocycles. The lowest BCUT2D eigenvalue weighted by Gasteiger charge is -2.27. The fraction of sp³-hybridized carbons (Fsp3) is 0.435. The number of hydrogen-bond acceptors (Lipinski definition) is 4. The van der Waals surface area contributed by atoms with Crippen LogP contribution < -0.4 is 5.32 Å². The number of benzene rings is 2. The molecular formula is C23H29Cl2NO3. The van der Waals surface area contributed by atoms with Crippen molar-refractivity contribution < 1.29 is 14.6 Å². The van der Waals surface area contributed by atoms with Gasteiger partial charge in [-0.05, 0) is 67.0 Å². The molecule has 0 aromatic heterocycles. The number of aliphatic hydroxyl groups is 1. The normalized spacial score (nSPS) is 16.4. The first-order chi connectivity index (χ1) is 13.5. The van der Waals surface area contributed by atoms with E-state index in [4.69, 9.17) is 16.3 Å². The Morgan fingerprint density at radius 1 is 1.28 bits per heavy atom. The van der Waals surface area contributed by atoms with Crippen molar-refractivity contribution in [2.24, 2.45) is 0 Å². The molecule has 2 atom stereocenters. The largest absolute Gasteiger partial charge is 0.466 e. The zero-order chi connectivity index (χ0) is 19.9. The summed E-state index contributed by atoms with van der Waals surface area (Å²) in [4.78, 5) is 11.6. The zero-order valence-electron chi connectivity index (χ0n) is 16.7. The van der Waals surface area contributed by atoms with E-state index in [0.29, 0.717) is 37.1 Å². The summed E-state index contributed by atoms with van der Waals surface area (Å²) in [5.74, 6) is -0.144. The van der Waals surface area contributed by atoms with Crippen molar-refractivity contribution in [2.45, 2.75) is 51.2 Å². The van der Waals surface area contributed by atoms with Gasteiger partial charge >= 0.3 is 5.97 Å². The van der Waals surface area contributed by atoms with E-state index in [1.54, 1.807) is 6.07 Å². The van der Waals surface area contributed by atoms with Crippen LogP contribution in [0, 0.1) is 0 Å². The maximum atomic E-state index is 11.6. The lowest BCUT2D eigenvalue weighted by Crippen LogP contribution is -2.37. The van der Waals surface area contributed by atoms with Crippen molar-refractivity contribution in [1.29, 1.82) is 0 Å². The van der Waals surface area contributed by atoms with E-state index in [-0.39, 0.29) is 18.4 Å². The van der Waals surface area contributed by atoms with E-state index < -0.39 is 6.10 Å². The SMILES string of the molecule is CCOC(=O)CCc1ccc2c(c1)C[C@@H](NC[C@@H](O)c1cccc(Cl)c1)CC2.Cl. The average molecular weight is 438 g/mol. The molecule has 0 spiro atoms. The number of hydrogen-bond donors (Lipinski definition) is 2. The predicted molar refractivity (Wildman–Crippen MR) is 119 cm³/mol. The minimum absolute atomic E-state index is 0. The molecule has 0 bridgehead atoms. The minimum Gasteiger partial charge on any atom is -0.466 e. The lowest BCUT2D eigenvalue weighted by atomic mass is 9.86. The van der Waals surface area contributed by atoms with E-state index in [9.17, 15) is 9.90 Å². The number of aliphatic hydroxyl groups excluding tert-OH is 1. The van der Waals surface area contributed by atoms with Crippen molar-refractivity contribution in [3.05, 3.63) is 69.7 Å². The second-order valence-corrected chi connectivity index (χ2v) is 7.76. The smallest absolute Gasteiger partial charge is 0.306 e. The van der Waals surface area contributed by atoms with Crippen LogP contribution >= 0.6 is 24.0 Å². The first-order valence-electron chi connectivity index (χ1n) is 9.98. The summed E-state index contributed by atoms with van der Waals surface area (Å²) in [5, 5.41) is 14.6. The summed E-state index contributed by atoms with van der Waals surface area (Å²) in [6.07, 6.45) is 3.56. The molecule has 158 valence electrons. The fourth-order valence-corrected chi connectivity index (χ4v) is 3.93. The van der Waals surface area contributed by atoms with Crippen LogP contribution in [-0.2, 0) is 28.8 Å². The molecule has 6 heteroatoms. The van der Waals surface area contributed by atoms with E-state index >= 15 is 0 Å². The highest BCUT2D eigenvalue weighted by Crippen LogP contribution is 2.24. The van der Waals surface area contributed by atoms with Crippen LogP contribution in [0.15, 0.2) is 42.5 Å². The Hall–Kier alpha value is -1.59. The third-order valence-electron chi connectivity index (χ3n) is 5.26. The van der Waals surface area contributed by atoms with Gasteiger partial charge in [-0.3, -0.25) is 4.79 Å². The molecule has 4 nitrogen and oxygen atoms in total. The standard InChI is InChI=1S/C23H28ClNO3.ClH/c1-2-28-23(27)11-7-16-6-8-17-9-10-21(14-19(17)12-16)25-15-22(26)18-4-3-5-20(24)13-18;/h3-6,8,12-13,21-22,25-26H,2,7,9-11,14-15H2,1H3;1H/t21-,22+;/m0./s1. The molecule has 0 saturated carbocycles. The Kier molecular flexibility index (Phi) is 9.44. The fourth-order valence-electron chi connectivity index (χ4n) is 3.73. The molecule has 29 heavy (non-hydrogen) atoms. The van der Waals surface area contributed by atoms with Gasteiger partial charge in [-0.2, -0.15) is 0 Å². The summed E-state index contributed by atoms with van der Waals surface area (Å²) < 4.78 is 5.01. The van der Waals surface area contributed by atoms with Gasteiger partial charge in [0.05, 0.1) is 12.7 Å². The second kappa shape index (κ2) is 11.6. The molecule has 0 heterocycles. The predicted octanol–water partition coefficient (Wildman–Crippen LogP) is 4.44. The van der Waals surface area contributed by atoms with Crippen molar-refractivity contribution >= 4 is 30.0 Å². The van der Waals surface area contributed by atoms with Gasteiger partial charge < -0.3 is 15.2 Å². The Balaban J connectivity index is 0.00000300. The van der Waals surface area contributed by atoms with E-state index in [2.05, 4.69) is 23.5 Å². The lowest BCUT2D eigenvalue weighted by molar-refractivity contribution is -0.143. The molecule has 0 fully saturated rings. The number of nitrogens with one attached hydrogen (secondary N) is 1. The second-order valence-electron chi connectivity index (χ2n) is 7.33. The Bertz CT molecular complexity index is 812. The monoisotopic (exact) mass is 437 g/mol.